The van der Waals surface area contributed by atoms with Crippen LogP contribution in [0.2, 0.25) is 0 Å². The largest absolute Gasteiger partial charge is 0.496 e. The number of rotatable bonds is 6. The molecule has 0 saturated heterocycles. The fourth-order valence-electron chi connectivity index (χ4n) is 1.78. The fourth-order valence-corrected chi connectivity index (χ4v) is 1.78. The molecule has 6 nitrogen and oxygen atoms in total. The molecule has 0 aliphatic rings. The first-order valence-electron chi connectivity index (χ1n) is 6.27. The zero-order chi connectivity index (χ0) is 15.1. The summed E-state index contributed by atoms with van der Waals surface area (Å²) < 4.78 is 15.3. The molecule has 1 aromatic heterocycles. The number of benzene rings is 1. The van der Waals surface area contributed by atoms with E-state index in [-0.39, 0.29) is 5.76 Å². The van der Waals surface area contributed by atoms with E-state index in [0.717, 1.165) is 16.9 Å². The first-order chi connectivity index (χ1) is 10.2. The Hall–Kier alpha value is -2.60. The lowest BCUT2D eigenvalue weighted by molar-refractivity contribution is 0.0927. The number of carbonyl (C=O) groups is 1. The molecule has 1 amide bonds. The van der Waals surface area contributed by atoms with Crippen molar-refractivity contribution in [2.45, 2.75) is 6.61 Å². The Kier molecular flexibility index (Phi) is 5.11. The van der Waals surface area contributed by atoms with Crippen molar-refractivity contribution < 1.29 is 18.7 Å². The number of nitrogens with zero attached hydrogens (tertiary/aromatic N) is 1. The first-order valence-corrected chi connectivity index (χ1v) is 6.27. The summed E-state index contributed by atoms with van der Waals surface area (Å²) in [5.74, 6) is 0.553. The predicted octanol–water partition coefficient (Wildman–Crippen LogP) is 2.20. The molecular weight excluding hydrogens is 272 g/mol. The van der Waals surface area contributed by atoms with E-state index in [4.69, 9.17) is 13.9 Å². The number of furan rings is 1. The van der Waals surface area contributed by atoms with Crippen LogP contribution in [0.25, 0.3) is 0 Å². The van der Waals surface area contributed by atoms with Crippen LogP contribution in [0, 0.1) is 0 Å². The van der Waals surface area contributed by atoms with Gasteiger partial charge in [0, 0.05) is 12.7 Å². The topological polar surface area (TPSA) is 73.1 Å². The molecule has 0 fully saturated rings. The molecule has 2 rings (SSSR count). The molecule has 0 unspecified atom stereocenters. The van der Waals surface area contributed by atoms with Gasteiger partial charge in [0.25, 0.3) is 0 Å². The molecular formula is C15H16N2O4. The van der Waals surface area contributed by atoms with E-state index >= 15 is 0 Å². The number of ether oxygens (including phenoxy) is 2. The van der Waals surface area contributed by atoms with Crippen LogP contribution in [0.5, 0.6) is 5.75 Å². The van der Waals surface area contributed by atoms with Crippen molar-refractivity contribution >= 4 is 12.1 Å². The van der Waals surface area contributed by atoms with Gasteiger partial charge < -0.3 is 13.9 Å². The Balaban J connectivity index is 2.03. The maximum Gasteiger partial charge on any atom is 0.307 e. The second-order valence-electron chi connectivity index (χ2n) is 4.18. The Morgan fingerprint density at radius 3 is 2.90 bits per heavy atom. The Morgan fingerprint density at radius 1 is 1.38 bits per heavy atom. The minimum absolute atomic E-state index is 0.210. The third-order valence-corrected chi connectivity index (χ3v) is 2.73. The summed E-state index contributed by atoms with van der Waals surface area (Å²) in [5, 5.41) is 3.89. The predicted molar refractivity (Wildman–Crippen MR) is 77.5 cm³/mol. The van der Waals surface area contributed by atoms with E-state index in [9.17, 15) is 4.79 Å². The molecule has 0 atom stereocenters. The molecule has 0 aliphatic carbocycles. The van der Waals surface area contributed by atoms with Gasteiger partial charge in [0.1, 0.15) is 5.75 Å². The fraction of sp³-hybridized carbons (Fsp3) is 0.200. The van der Waals surface area contributed by atoms with Gasteiger partial charge in [-0.05, 0) is 35.9 Å². The Morgan fingerprint density at radius 2 is 2.24 bits per heavy atom. The van der Waals surface area contributed by atoms with E-state index in [1.165, 1.54) is 6.26 Å². The zero-order valence-corrected chi connectivity index (χ0v) is 11.8. The Labute approximate surface area is 122 Å². The van der Waals surface area contributed by atoms with Crippen LogP contribution in [-0.4, -0.2) is 26.3 Å². The normalized spacial score (nSPS) is 10.8. The van der Waals surface area contributed by atoms with Gasteiger partial charge in [0.05, 0.1) is 26.2 Å². The summed E-state index contributed by atoms with van der Waals surface area (Å²) >= 11 is 0. The molecule has 0 spiro atoms. The maximum absolute atomic E-state index is 11.6. The summed E-state index contributed by atoms with van der Waals surface area (Å²) in [6.45, 7) is 0.434. The van der Waals surface area contributed by atoms with Gasteiger partial charge in [-0.25, -0.2) is 5.43 Å². The quantitative estimate of drug-likeness (QED) is 0.653. The first kappa shape index (κ1) is 14.8. The van der Waals surface area contributed by atoms with Crippen molar-refractivity contribution in [3.05, 3.63) is 53.5 Å². The third kappa shape index (κ3) is 3.93. The molecule has 110 valence electrons. The van der Waals surface area contributed by atoms with Crippen LogP contribution in [0.15, 0.2) is 46.1 Å². The van der Waals surface area contributed by atoms with Gasteiger partial charge in [-0.15, -0.1) is 0 Å². The van der Waals surface area contributed by atoms with Gasteiger partial charge in [-0.1, -0.05) is 0 Å². The molecule has 2 aromatic rings. The van der Waals surface area contributed by atoms with Crippen molar-refractivity contribution in [1.82, 2.24) is 5.43 Å². The number of hydrazone groups is 1. The summed E-state index contributed by atoms with van der Waals surface area (Å²) in [7, 11) is 3.22. The minimum Gasteiger partial charge on any atom is -0.496 e. The maximum atomic E-state index is 11.6. The van der Waals surface area contributed by atoms with E-state index in [2.05, 4.69) is 10.5 Å². The van der Waals surface area contributed by atoms with Crippen molar-refractivity contribution in [3.63, 3.8) is 0 Å². The van der Waals surface area contributed by atoms with Crippen LogP contribution in [-0.2, 0) is 11.3 Å². The highest BCUT2D eigenvalue weighted by Crippen LogP contribution is 2.19. The van der Waals surface area contributed by atoms with Crippen molar-refractivity contribution in [2.75, 3.05) is 14.2 Å². The molecule has 1 aromatic carbocycles. The van der Waals surface area contributed by atoms with Crippen LogP contribution >= 0.6 is 0 Å². The molecule has 1 N–H and O–H groups in total. The van der Waals surface area contributed by atoms with Crippen molar-refractivity contribution in [2.24, 2.45) is 5.10 Å². The van der Waals surface area contributed by atoms with E-state index in [1.54, 1.807) is 32.6 Å². The second-order valence-corrected chi connectivity index (χ2v) is 4.18. The van der Waals surface area contributed by atoms with Crippen LogP contribution < -0.4 is 10.2 Å². The molecule has 0 saturated carbocycles. The summed E-state index contributed by atoms with van der Waals surface area (Å²) in [5.41, 5.74) is 4.11. The third-order valence-electron chi connectivity index (χ3n) is 2.73. The number of methoxy groups -OCH3 is 2. The van der Waals surface area contributed by atoms with E-state index in [0.29, 0.717) is 6.61 Å². The van der Waals surface area contributed by atoms with Gasteiger partial charge >= 0.3 is 5.91 Å². The van der Waals surface area contributed by atoms with Crippen molar-refractivity contribution in [1.29, 1.82) is 0 Å². The highest BCUT2D eigenvalue weighted by molar-refractivity contribution is 5.92. The van der Waals surface area contributed by atoms with Crippen LogP contribution in [0.3, 0.4) is 0 Å². The summed E-state index contributed by atoms with van der Waals surface area (Å²) in [6.07, 6.45) is 2.97. The standard InChI is InChI=1S/C15H16N2O4/c1-19-10-12-8-11(5-6-13(12)20-2)9-16-17-15(18)14-4-3-7-21-14/h3-9H,10H2,1-2H3,(H,17,18). The summed E-state index contributed by atoms with van der Waals surface area (Å²) in [6, 6.07) is 8.74. The highest BCUT2D eigenvalue weighted by Gasteiger charge is 2.06. The average Bonchev–Trinajstić information content (AvgIpc) is 3.02. The second kappa shape index (κ2) is 7.25. The van der Waals surface area contributed by atoms with Gasteiger partial charge in [0.15, 0.2) is 5.76 Å². The number of hydrogen-bond donors (Lipinski definition) is 1. The van der Waals surface area contributed by atoms with Gasteiger partial charge in [0.2, 0.25) is 0 Å². The molecule has 0 radical (unpaired) electrons. The molecule has 0 aliphatic heterocycles. The number of carbonyl (C=O) groups excluding carboxylic acids is 1. The molecule has 21 heavy (non-hydrogen) atoms. The lowest BCUT2D eigenvalue weighted by Crippen LogP contribution is -2.16. The Bertz CT molecular complexity index is 621. The lowest BCUT2D eigenvalue weighted by Gasteiger charge is -2.08. The van der Waals surface area contributed by atoms with Crippen LogP contribution in [0.4, 0.5) is 0 Å². The van der Waals surface area contributed by atoms with Crippen LogP contribution in [0.1, 0.15) is 21.7 Å². The van der Waals surface area contributed by atoms with Gasteiger partial charge in [-0.2, -0.15) is 5.10 Å². The van der Waals surface area contributed by atoms with Crippen molar-refractivity contribution in [3.8, 4) is 5.75 Å². The molecule has 6 heteroatoms. The summed E-state index contributed by atoms with van der Waals surface area (Å²) in [4.78, 5) is 11.6. The number of amides is 1. The van der Waals surface area contributed by atoms with Gasteiger partial charge in [-0.3, -0.25) is 4.79 Å². The molecule has 1 heterocycles. The van der Waals surface area contributed by atoms with E-state index < -0.39 is 5.91 Å². The zero-order valence-electron chi connectivity index (χ0n) is 11.8. The SMILES string of the molecule is COCc1cc(C=NNC(=O)c2ccco2)ccc1OC. The minimum atomic E-state index is -0.401. The molecule has 0 bridgehead atoms. The smallest absolute Gasteiger partial charge is 0.307 e. The highest BCUT2D eigenvalue weighted by atomic mass is 16.5. The lowest BCUT2D eigenvalue weighted by atomic mass is 10.1. The average molecular weight is 288 g/mol. The number of nitrogens with one attached hydrogen (secondary N) is 1. The van der Waals surface area contributed by atoms with E-state index in [1.807, 2.05) is 18.2 Å². The number of hydrogen-bond acceptors (Lipinski definition) is 5. The monoisotopic (exact) mass is 288 g/mol.